The molecule has 3 aromatic carbocycles. The van der Waals surface area contributed by atoms with Gasteiger partial charge in [-0.2, -0.15) is 4.31 Å². The van der Waals surface area contributed by atoms with Crippen LogP contribution in [0.4, 0.5) is 8.78 Å². The number of sulfonamides is 1. The average Bonchev–Trinajstić information content (AvgIpc) is 3.47. The minimum atomic E-state index is -4.32. The Hall–Kier alpha value is -3.20. The fraction of sp³-hybridized carbons (Fsp3) is 0.389. The Balaban J connectivity index is 1.69. The predicted molar refractivity (Wildman–Crippen MR) is 198 cm³/mol. The molecule has 1 N–H and O–H groups in total. The van der Waals surface area contributed by atoms with Crippen LogP contribution in [-0.2, 0) is 26.0 Å². The first-order chi connectivity index (χ1) is 23.8. The molecule has 0 radical (unpaired) electrons. The average molecular weight is 785 g/mol. The van der Waals surface area contributed by atoms with Crippen molar-refractivity contribution < 1.29 is 36.3 Å². The maximum atomic E-state index is 15.8. The molecule has 1 aromatic heterocycles. The van der Waals surface area contributed by atoms with Crippen LogP contribution >= 0.6 is 35.0 Å². The molecule has 4 rings (SSSR count). The molecule has 0 aliphatic carbocycles. The van der Waals surface area contributed by atoms with Gasteiger partial charge in [-0.25, -0.2) is 22.2 Å². The van der Waals surface area contributed by atoms with Crippen molar-refractivity contribution in [1.82, 2.24) is 13.9 Å². The van der Waals surface area contributed by atoms with Gasteiger partial charge in [0.25, 0.3) is 0 Å². The number of aromatic nitrogens is 2. The van der Waals surface area contributed by atoms with Gasteiger partial charge in [-0.3, -0.25) is 9.36 Å². The van der Waals surface area contributed by atoms with Crippen molar-refractivity contribution in [3.8, 4) is 11.4 Å². The molecule has 1 atom stereocenters. The minimum absolute atomic E-state index is 0.0134. The third-order valence-corrected chi connectivity index (χ3v) is 12.2. The van der Waals surface area contributed by atoms with E-state index >= 15 is 4.39 Å². The summed E-state index contributed by atoms with van der Waals surface area (Å²) in [5.74, 6) is -1.90. The summed E-state index contributed by atoms with van der Waals surface area (Å²) >= 11 is 14.1. The molecule has 0 saturated heterocycles. The number of hydrogen-bond acceptors (Lipinski definition) is 6. The first-order valence-electron chi connectivity index (χ1n) is 16.1. The van der Waals surface area contributed by atoms with E-state index in [1.807, 2.05) is 51.7 Å². The molecule has 0 aliphatic rings. The Labute approximate surface area is 312 Å². The van der Waals surface area contributed by atoms with Crippen molar-refractivity contribution in [3.05, 3.63) is 99.3 Å². The zero-order chi connectivity index (χ0) is 37.9. The molecule has 0 bridgehead atoms. The third kappa shape index (κ3) is 9.62. The van der Waals surface area contributed by atoms with E-state index in [-0.39, 0.29) is 27.8 Å². The molecule has 276 valence electrons. The van der Waals surface area contributed by atoms with Gasteiger partial charge in [0, 0.05) is 46.4 Å². The van der Waals surface area contributed by atoms with E-state index in [9.17, 15) is 22.7 Å². The second kappa shape index (κ2) is 16.2. The number of carboxylic acid groups (broad SMARTS) is 1. The highest BCUT2D eigenvalue weighted by atomic mass is 35.5. The number of nitrogens with zero attached hydrogens (tertiary/aromatic N) is 4. The summed E-state index contributed by atoms with van der Waals surface area (Å²) in [6, 6.07) is 12.6. The van der Waals surface area contributed by atoms with Gasteiger partial charge in [0.2, 0.25) is 10.0 Å². The Morgan fingerprint density at radius 3 is 2.33 bits per heavy atom. The molecule has 0 amide bonds. The van der Waals surface area contributed by atoms with E-state index < -0.39 is 45.5 Å². The molecule has 0 spiro atoms. The van der Waals surface area contributed by atoms with Crippen molar-refractivity contribution in [2.24, 2.45) is 0 Å². The predicted octanol–water partition coefficient (Wildman–Crippen LogP) is 8.03. The van der Waals surface area contributed by atoms with Gasteiger partial charge in [0.15, 0.2) is 5.16 Å². The highest BCUT2D eigenvalue weighted by Crippen LogP contribution is 2.40. The zero-order valence-corrected chi connectivity index (χ0v) is 32.7. The molecular weight excluding hydrogens is 741 g/mol. The molecule has 51 heavy (non-hydrogen) atoms. The van der Waals surface area contributed by atoms with Crippen LogP contribution in [0, 0.1) is 11.6 Å². The van der Waals surface area contributed by atoms with Gasteiger partial charge in [-0.05, 0) is 61.0 Å². The van der Waals surface area contributed by atoms with Crippen molar-refractivity contribution in [1.29, 1.82) is 0 Å². The number of hydrogen-bond donors (Lipinski definition) is 1. The number of quaternary nitrogens is 1. The summed E-state index contributed by atoms with van der Waals surface area (Å²) in [7, 11) is 3.12. The monoisotopic (exact) mass is 783 g/mol. The second-order valence-corrected chi connectivity index (χ2v) is 17.4. The van der Waals surface area contributed by atoms with E-state index in [2.05, 4.69) is 4.98 Å². The summed E-state index contributed by atoms with van der Waals surface area (Å²) in [5, 5.41) is 10.2. The smallest absolute Gasteiger partial charge is 0.304 e. The SMILES string of the molecule is COc1cc(C(C)(C)c2cnc(SCc3c(F)cc(S(=O)(=O)N(CCC[N+](C)(C)C)C(C)CC(=O)O)cc3Cl)n2-c2ccc(F)cc2)ccc1Cl. The number of methoxy groups -OCH3 is 1. The maximum Gasteiger partial charge on any atom is 0.304 e. The summed E-state index contributed by atoms with van der Waals surface area (Å²) in [4.78, 5) is 15.8. The summed E-state index contributed by atoms with van der Waals surface area (Å²) in [5.41, 5.74) is 1.64. The van der Waals surface area contributed by atoms with Crippen molar-refractivity contribution in [2.45, 2.75) is 60.9 Å². The summed E-state index contributed by atoms with van der Waals surface area (Å²) in [6.45, 7) is 6.20. The maximum absolute atomic E-state index is 15.8. The third-order valence-electron chi connectivity index (χ3n) is 8.56. The number of imidazole rings is 1. The number of carboxylic acids is 1. The molecule has 1 heterocycles. The standard InChI is InChI=1S/C36H42Cl2F2N4O5S2/c1-23(17-34(45)46)42(15-8-16-44(4,5)6)51(47,48)27-19-30(38)28(31(40)20-27)22-50-35-41-21-33(43(35)26-12-10-25(39)11-13-26)36(2,3)24-9-14-29(37)32(18-24)49-7/h9-14,18-21,23H,8,15-17,22H2,1-7H3/p+1. The van der Waals surface area contributed by atoms with Gasteiger partial charge >= 0.3 is 5.97 Å². The highest BCUT2D eigenvalue weighted by molar-refractivity contribution is 7.98. The first kappa shape index (κ1) is 40.6. The Morgan fingerprint density at radius 2 is 1.75 bits per heavy atom. The quantitative estimate of drug-likeness (QED) is 0.0907. The van der Waals surface area contributed by atoms with Crippen LogP contribution in [-0.4, -0.2) is 85.2 Å². The van der Waals surface area contributed by atoms with Crippen LogP contribution in [0.3, 0.4) is 0 Å². The van der Waals surface area contributed by atoms with Crippen LogP contribution in [0.15, 0.2) is 70.8 Å². The summed E-state index contributed by atoms with van der Waals surface area (Å²) < 4.78 is 66.5. The van der Waals surface area contributed by atoms with Gasteiger partial charge in [0.05, 0.1) is 63.0 Å². The Bertz CT molecular complexity index is 1960. The van der Waals surface area contributed by atoms with Crippen molar-refractivity contribution in [2.75, 3.05) is 41.3 Å². The molecule has 1 unspecified atom stereocenters. The fourth-order valence-corrected chi connectivity index (χ4v) is 9.03. The first-order valence-corrected chi connectivity index (χ1v) is 19.3. The normalized spacial score (nSPS) is 13.1. The lowest BCUT2D eigenvalue weighted by molar-refractivity contribution is -0.870. The van der Waals surface area contributed by atoms with Crippen LogP contribution in [0.2, 0.25) is 10.0 Å². The van der Waals surface area contributed by atoms with Gasteiger partial charge in [-0.1, -0.05) is 54.9 Å². The second-order valence-electron chi connectivity index (χ2n) is 13.8. The number of aliphatic carboxylic acids is 1. The number of benzene rings is 3. The molecule has 0 saturated carbocycles. The summed E-state index contributed by atoms with van der Waals surface area (Å²) in [6.07, 6.45) is 1.74. The van der Waals surface area contributed by atoms with Crippen LogP contribution in [0.1, 0.15) is 50.4 Å². The number of carbonyl (C=O) groups is 1. The number of ether oxygens (including phenoxy) is 1. The number of thioether (sulfide) groups is 1. The Kier molecular flexibility index (Phi) is 12.9. The van der Waals surface area contributed by atoms with Gasteiger partial charge in [0.1, 0.15) is 17.4 Å². The van der Waals surface area contributed by atoms with Crippen molar-refractivity contribution in [3.63, 3.8) is 0 Å². The van der Waals surface area contributed by atoms with Crippen molar-refractivity contribution >= 4 is 51.0 Å². The zero-order valence-electron chi connectivity index (χ0n) is 29.6. The molecule has 15 heteroatoms. The fourth-order valence-electron chi connectivity index (χ4n) is 5.69. The van der Waals surface area contributed by atoms with E-state index in [1.165, 1.54) is 44.0 Å². The van der Waals surface area contributed by atoms with E-state index in [4.69, 9.17) is 27.9 Å². The minimum Gasteiger partial charge on any atom is -0.495 e. The number of halogens is 4. The van der Waals surface area contributed by atoms with E-state index in [0.717, 1.165) is 21.6 Å². The molecular formula is C36H43Cl2F2N4O5S2+. The largest absolute Gasteiger partial charge is 0.495 e. The van der Waals surface area contributed by atoms with Gasteiger partial charge < -0.3 is 14.3 Å². The van der Waals surface area contributed by atoms with Crippen LogP contribution < -0.4 is 4.74 Å². The highest BCUT2D eigenvalue weighted by Gasteiger charge is 2.33. The van der Waals surface area contributed by atoms with E-state index in [1.54, 1.807) is 24.4 Å². The molecule has 9 nitrogen and oxygen atoms in total. The number of rotatable bonds is 16. The van der Waals surface area contributed by atoms with Gasteiger partial charge in [-0.15, -0.1) is 0 Å². The van der Waals surface area contributed by atoms with Crippen LogP contribution in [0.5, 0.6) is 5.75 Å². The topological polar surface area (TPSA) is 102 Å². The lowest BCUT2D eigenvalue weighted by Crippen LogP contribution is -2.43. The lowest BCUT2D eigenvalue weighted by Gasteiger charge is -2.30. The Morgan fingerprint density at radius 1 is 1.08 bits per heavy atom. The van der Waals surface area contributed by atoms with Crippen LogP contribution in [0.25, 0.3) is 5.69 Å². The molecule has 0 fully saturated rings. The molecule has 4 aromatic rings. The lowest BCUT2D eigenvalue weighted by atomic mass is 9.81. The molecule has 0 aliphatic heterocycles. The van der Waals surface area contributed by atoms with E-state index in [0.29, 0.717) is 39.1 Å².